The fraction of sp³-hybridized carbons (Fsp3) is 0.235. The van der Waals surface area contributed by atoms with Crippen LogP contribution in [0.15, 0.2) is 53.4 Å². The van der Waals surface area contributed by atoms with Crippen molar-refractivity contribution in [3.05, 3.63) is 59.7 Å². The van der Waals surface area contributed by atoms with Crippen LogP contribution in [-0.2, 0) is 16.3 Å². The molecule has 2 aromatic rings. The van der Waals surface area contributed by atoms with Gasteiger partial charge in [0.05, 0.1) is 4.90 Å². The molecule has 0 aliphatic carbocycles. The van der Waals surface area contributed by atoms with Crippen molar-refractivity contribution in [2.45, 2.75) is 17.7 Å². The smallest absolute Gasteiger partial charge is 0.251 e. The highest BCUT2D eigenvalue weighted by Gasteiger charge is 2.11. The molecule has 0 radical (unpaired) electrons. The molecule has 0 spiro atoms. The van der Waals surface area contributed by atoms with E-state index in [0.29, 0.717) is 12.1 Å². The second-order valence-corrected chi connectivity index (χ2v) is 7.34. The molecule has 2 N–H and O–H groups in total. The normalized spacial score (nSPS) is 11.2. The van der Waals surface area contributed by atoms with E-state index in [1.807, 2.05) is 12.1 Å². The predicted molar refractivity (Wildman–Crippen MR) is 88.3 cm³/mol. The van der Waals surface area contributed by atoms with Crippen LogP contribution >= 0.6 is 0 Å². The Kier molecular flexibility index (Phi) is 5.39. The van der Waals surface area contributed by atoms with E-state index in [2.05, 4.69) is 5.32 Å². The number of aryl methyl sites for hydroxylation is 1. The lowest BCUT2D eigenvalue weighted by Gasteiger charge is -2.07. The zero-order valence-corrected chi connectivity index (χ0v) is 13.6. The Hall–Kier alpha value is -2.34. The van der Waals surface area contributed by atoms with Gasteiger partial charge in [-0.3, -0.25) is 4.79 Å². The first kappa shape index (κ1) is 17.0. The Bertz CT molecular complexity index is 782. The van der Waals surface area contributed by atoms with Gasteiger partial charge < -0.3 is 10.4 Å². The average Bonchev–Trinajstić information content (AvgIpc) is 2.52. The van der Waals surface area contributed by atoms with Crippen molar-refractivity contribution in [2.24, 2.45) is 0 Å². The van der Waals surface area contributed by atoms with E-state index in [1.54, 1.807) is 24.3 Å². The SMILES string of the molecule is CS(=O)(=O)c1cccc(C(=O)NCCCc2ccc(O)cc2)c1. The summed E-state index contributed by atoms with van der Waals surface area (Å²) in [5.74, 6) is -0.0611. The van der Waals surface area contributed by atoms with Gasteiger partial charge in [-0.2, -0.15) is 0 Å². The van der Waals surface area contributed by atoms with Gasteiger partial charge in [-0.15, -0.1) is 0 Å². The van der Waals surface area contributed by atoms with E-state index >= 15 is 0 Å². The lowest BCUT2D eigenvalue weighted by atomic mass is 10.1. The van der Waals surface area contributed by atoms with E-state index in [4.69, 9.17) is 0 Å². The van der Waals surface area contributed by atoms with Crippen LogP contribution in [0.2, 0.25) is 0 Å². The lowest BCUT2D eigenvalue weighted by Crippen LogP contribution is -2.25. The molecule has 0 aliphatic rings. The average molecular weight is 333 g/mol. The van der Waals surface area contributed by atoms with Gasteiger partial charge in [0.1, 0.15) is 5.75 Å². The van der Waals surface area contributed by atoms with Gasteiger partial charge in [-0.25, -0.2) is 8.42 Å². The number of nitrogens with one attached hydrogen (secondary N) is 1. The fourth-order valence-corrected chi connectivity index (χ4v) is 2.79. The molecule has 0 fully saturated rings. The zero-order valence-electron chi connectivity index (χ0n) is 12.8. The summed E-state index contributed by atoms with van der Waals surface area (Å²) in [6.45, 7) is 0.489. The number of hydrogen-bond donors (Lipinski definition) is 2. The summed E-state index contributed by atoms with van der Waals surface area (Å²) in [5, 5.41) is 12.0. The van der Waals surface area contributed by atoms with Gasteiger partial charge in [-0.05, 0) is 48.7 Å². The molecule has 2 rings (SSSR count). The van der Waals surface area contributed by atoms with Gasteiger partial charge in [-0.1, -0.05) is 18.2 Å². The minimum absolute atomic E-state index is 0.134. The number of benzene rings is 2. The second kappa shape index (κ2) is 7.28. The quantitative estimate of drug-likeness (QED) is 0.794. The van der Waals surface area contributed by atoms with Crippen molar-refractivity contribution in [3.63, 3.8) is 0 Å². The largest absolute Gasteiger partial charge is 0.508 e. The number of amides is 1. The number of aromatic hydroxyl groups is 1. The Balaban J connectivity index is 1.86. The summed E-state index contributed by atoms with van der Waals surface area (Å²) in [4.78, 5) is 12.2. The summed E-state index contributed by atoms with van der Waals surface area (Å²) in [5.41, 5.74) is 1.41. The van der Waals surface area contributed by atoms with Crippen molar-refractivity contribution >= 4 is 15.7 Å². The fourth-order valence-electron chi connectivity index (χ4n) is 2.13. The molecule has 5 nitrogen and oxygen atoms in total. The molecule has 122 valence electrons. The van der Waals surface area contributed by atoms with E-state index in [0.717, 1.165) is 24.7 Å². The number of phenols is 1. The molecule has 0 aromatic heterocycles. The van der Waals surface area contributed by atoms with Gasteiger partial charge >= 0.3 is 0 Å². The van der Waals surface area contributed by atoms with Crippen LogP contribution in [0.1, 0.15) is 22.3 Å². The maximum atomic E-state index is 12.0. The third-order valence-electron chi connectivity index (χ3n) is 3.39. The molecular weight excluding hydrogens is 314 g/mol. The third kappa shape index (κ3) is 5.10. The molecule has 0 heterocycles. The monoisotopic (exact) mass is 333 g/mol. The highest BCUT2D eigenvalue weighted by molar-refractivity contribution is 7.90. The molecule has 0 bridgehead atoms. The Labute approximate surface area is 135 Å². The standard InChI is InChI=1S/C17H19NO4S/c1-23(21,22)16-6-2-5-14(12-16)17(20)18-11-3-4-13-7-9-15(19)10-8-13/h2,5-10,12,19H,3-4,11H2,1H3,(H,18,20). The predicted octanol–water partition coefficient (Wildman–Crippen LogP) is 2.16. The van der Waals surface area contributed by atoms with E-state index in [-0.39, 0.29) is 16.6 Å². The van der Waals surface area contributed by atoms with Crippen LogP contribution in [0.5, 0.6) is 5.75 Å². The maximum absolute atomic E-state index is 12.0. The van der Waals surface area contributed by atoms with Crippen molar-refractivity contribution in [1.82, 2.24) is 5.32 Å². The highest BCUT2D eigenvalue weighted by Crippen LogP contribution is 2.12. The van der Waals surface area contributed by atoms with E-state index < -0.39 is 9.84 Å². The number of carbonyl (C=O) groups excluding carboxylic acids is 1. The van der Waals surface area contributed by atoms with Gasteiger partial charge in [0.15, 0.2) is 9.84 Å². The summed E-state index contributed by atoms with van der Waals surface area (Å²) in [6, 6.07) is 12.9. The van der Waals surface area contributed by atoms with E-state index in [9.17, 15) is 18.3 Å². The molecule has 2 aromatic carbocycles. The number of hydrogen-bond acceptors (Lipinski definition) is 4. The molecule has 0 atom stereocenters. The minimum Gasteiger partial charge on any atom is -0.508 e. The molecule has 23 heavy (non-hydrogen) atoms. The first-order valence-corrected chi connectivity index (χ1v) is 9.11. The van der Waals surface area contributed by atoms with Gasteiger partial charge in [0.25, 0.3) is 5.91 Å². The summed E-state index contributed by atoms with van der Waals surface area (Å²) < 4.78 is 23.0. The highest BCUT2D eigenvalue weighted by atomic mass is 32.2. The molecule has 0 aliphatic heterocycles. The molecule has 1 amide bonds. The lowest BCUT2D eigenvalue weighted by molar-refractivity contribution is 0.0953. The number of rotatable bonds is 6. The van der Waals surface area contributed by atoms with Crippen molar-refractivity contribution in [2.75, 3.05) is 12.8 Å². The van der Waals surface area contributed by atoms with E-state index in [1.165, 1.54) is 12.1 Å². The Morgan fingerprint density at radius 3 is 2.48 bits per heavy atom. The molecule has 0 unspecified atom stereocenters. The van der Waals surface area contributed by atoms with Crippen molar-refractivity contribution < 1.29 is 18.3 Å². The van der Waals surface area contributed by atoms with Crippen molar-refractivity contribution in [1.29, 1.82) is 0 Å². The third-order valence-corrected chi connectivity index (χ3v) is 4.50. The Morgan fingerprint density at radius 1 is 1.13 bits per heavy atom. The number of carbonyl (C=O) groups is 1. The second-order valence-electron chi connectivity index (χ2n) is 5.33. The Morgan fingerprint density at radius 2 is 1.83 bits per heavy atom. The summed E-state index contributed by atoms with van der Waals surface area (Å²) in [7, 11) is -3.32. The number of sulfone groups is 1. The van der Waals surface area contributed by atoms with Crippen LogP contribution in [0.25, 0.3) is 0 Å². The molecule has 6 heteroatoms. The molecule has 0 saturated carbocycles. The zero-order chi connectivity index (χ0) is 16.9. The minimum atomic E-state index is -3.32. The first-order valence-electron chi connectivity index (χ1n) is 7.22. The van der Waals surface area contributed by atoms with Crippen LogP contribution in [-0.4, -0.2) is 32.2 Å². The van der Waals surface area contributed by atoms with Crippen molar-refractivity contribution in [3.8, 4) is 5.75 Å². The summed E-state index contributed by atoms with van der Waals surface area (Å²) >= 11 is 0. The van der Waals surface area contributed by atoms with Gasteiger partial charge in [0, 0.05) is 18.4 Å². The van der Waals surface area contributed by atoms with Crippen LogP contribution in [0.3, 0.4) is 0 Å². The van der Waals surface area contributed by atoms with Crippen LogP contribution in [0.4, 0.5) is 0 Å². The maximum Gasteiger partial charge on any atom is 0.251 e. The number of phenolic OH excluding ortho intramolecular Hbond substituents is 1. The first-order chi connectivity index (χ1) is 10.9. The molecular formula is C17H19NO4S. The van der Waals surface area contributed by atoms with Crippen LogP contribution in [0, 0.1) is 0 Å². The topological polar surface area (TPSA) is 83.5 Å². The van der Waals surface area contributed by atoms with Gasteiger partial charge in [0.2, 0.25) is 0 Å². The summed E-state index contributed by atoms with van der Waals surface area (Å²) in [6.07, 6.45) is 2.65. The van der Waals surface area contributed by atoms with Crippen LogP contribution < -0.4 is 5.32 Å². The molecule has 0 saturated heterocycles.